The van der Waals surface area contributed by atoms with Crippen LogP contribution in [0.3, 0.4) is 0 Å². The Morgan fingerprint density at radius 2 is 1.76 bits per heavy atom. The second kappa shape index (κ2) is 4.09. The molecule has 1 aromatic carbocycles. The monoisotopic (exact) mass is 260 g/mol. The van der Waals surface area contributed by atoms with Crippen LogP contribution in [-0.2, 0) is 10.0 Å². The first-order valence-electron chi connectivity index (χ1n) is 4.31. The molecule has 0 atom stereocenters. The van der Waals surface area contributed by atoms with Gasteiger partial charge in [0.15, 0.2) is 11.6 Å². The summed E-state index contributed by atoms with van der Waals surface area (Å²) in [6.07, 6.45) is 2.22. The summed E-state index contributed by atoms with van der Waals surface area (Å²) in [7, 11) is -4.00. The lowest BCUT2D eigenvalue weighted by Gasteiger charge is -2.07. The van der Waals surface area contributed by atoms with Crippen molar-refractivity contribution >= 4 is 10.0 Å². The summed E-state index contributed by atoms with van der Waals surface area (Å²) in [5, 5.41) is 6.77. The number of aromatic nitrogens is 3. The molecule has 9 heteroatoms. The van der Waals surface area contributed by atoms with Gasteiger partial charge in [-0.05, 0) is 18.2 Å². The first-order valence-corrected chi connectivity index (χ1v) is 5.80. The molecule has 1 heterocycles. The molecule has 0 amide bonds. The molecule has 0 saturated carbocycles. The molecule has 1 N–H and O–H groups in total. The summed E-state index contributed by atoms with van der Waals surface area (Å²) in [6.45, 7) is 0. The van der Waals surface area contributed by atoms with Gasteiger partial charge in [0.25, 0.3) is 10.0 Å². The molecule has 90 valence electrons. The number of nitrogens with zero attached hydrogens (tertiary/aromatic N) is 3. The smallest absolute Gasteiger partial charge is 0.221 e. The average molecular weight is 260 g/mol. The van der Waals surface area contributed by atoms with Crippen LogP contribution >= 0.6 is 0 Å². The number of nitrogens with one attached hydrogen (secondary N) is 1. The SMILES string of the molecule is O=S(=O)(Nn1cnnc1)c1ccc(F)c(F)c1. The van der Waals surface area contributed by atoms with Crippen LogP contribution in [0.25, 0.3) is 0 Å². The fourth-order valence-electron chi connectivity index (χ4n) is 1.08. The maximum atomic E-state index is 12.9. The summed E-state index contributed by atoms with van der Waals surface area (Å²) in [5.74, 6) is -2.36. The molecular formula is C8H6F2N4O2S. The van der Waals surface area contributed by atoms with Gasteiger partial charge in [0.2, 0.25) is 0 Å². The van der Waals surface area contributed by atoms with E-state index in [9.17, 15) is 17.2 Å². The maximum absolute atomic E-state index is 12.9. The molecule has 2 aromatic rings. The number of sulfonamides is 1. The van der Waals surface area contributed by atoms with E-state index < -0.39 is 26.6 Å². The molecule has 0 fully saturated rings. The zero-order valence-electron chi connectivity index (χ0n) is 8.21. The molecule has 1 aromatic heterocycles. The molecule has 0 bridgehead atoms. The summed E-state index contributed by atoms with van der Waals surface area (Å²) < 4.78 is 49.9. The number of hydrogen-bond donors (Lipinski definition) is 1. The molecule has 0 radical (unpaired) electrons. The fraction of sp³-hybridized carbons (Fsp3) is 0. The van der Waals surface area contributed by atoms with Crippen molar-refractivity contribution in [2.45, 2.75) is 4.90 Å². The minimum atomic E-state index is -4.00. The topological polar surface area (TPSA) is 76.9 Å². The Balaban J connectivity index is 2.35. The van der Waals surface area contributed by atoms with E-state index >= 15 is 0 Å². The Bertz CT molecular complexity index is 627. The van der Waals surface area contributed by atoms with Crippen molar-refractivity contribution in [3.05, 3.63) is 42.5 Å². The van der Waals surface area contributed by atoms with Crippen molar-refractivity contribution < 1.29 is 17.2 Å². The summed E-state index contributed by atoms with van der Waals surface area (Å²) in [6, 6.07) is 2.27. The van der Waals surface area contributed by atoms with E-state index in [0.717, 1.165) is 29.5 Å². The van der Waals surface area contributed by atoms with Gasteiger partial charge >= 0.3 is 0 Å². The van der Waals surface area contributed by atoms with Crippen molar-refractivity contribution in [1.29, 1.82) is 0 Å². The average Bonchev–Trinajstić information content (AvgIpc) is 2.73. The van der Waals surface area contributed by atoms with Gasteiger partial charge < -0.3 is 0 Å². The van der Waals surface area contributed by atoms with E-state index in [4.69, 9.17) is 0 Å². The highest BCUT2D eigenvalue weighted by Gasteiger charge is 2.16. The Labute approximate surface area is 94.9 Å². The standard InChI is InChI=1S/C8H6F2N4O2S/c9-7-2-1-6(3-8(7)10)17(15,16)13-14-4-11-12-5-14/h1-5,13H. The first kappa shape index (κ1) is 11.5. The molecule has 0 aliphatic carbocycles. The quantitative estimate of drug-likeness (QED) is 0.871. The third-order valence-corrected chi connectivity index (χ3v) is 3.17. The lowest BCUT2D eigenvalue weighted by molar-refractivity contribution is 0.504. The third kappa shape index (κ3) is 2.38. The zero-order chi connectivity index (χ0) is 12.5. The molecule has 0 saturated heterocycles. The van der Waals surface area contributed by atoms with E-state index in [-0.39, 0.29) is 0 Å². The van der Waals surface area contributed by atoms with Crippen LogP contribution in [0.15, 0.2) is 35.7 Å². The first-order chi connectivity index (χ1) is 7.99. The van der Waals surface area contributed by atoms with Crippen LogP contribution in [0.5, 0.6) is 0 Å². The van der Waals surface area contributed by atoms with Crippen molar-refractivity contribution in [1.82, 2.24) is 14.9 Å². The highest BCUT2D eigenvalue weighted by Crippen LogP contribution is 2.13. The molecule has 0 spiro atoms. The van der Waals surface area contributed by atoms with Crippen molar-refractivity contribution in [3.63, 3.8) is 0 Å². The van der Waals surface area contributed by atoms with Gasteiger partial charge in [-0.1, -0.05) is 0 Å². The summed E-state index contributed by atoms with van der Waals surface area (Å²) >= 11 is 0. The zero-order valence-corrected chi connectivity index (χ0v) is 9.03. The molecular weight excluding hydrogens is 254 g/mol. The Morgan fingerprint density at radius 3 is 2.35 bits per heavy atom. The van der Waals surface area contributed by atoms with Gasteiger partial charge in [0, 0.05) is 0 Å². The number of benzene rings is 1. The van der Waals surface area contributed by atoms with Crippen LogP contribution < -0.4 is 4.83 Å². The van der Waals surface area contributed by atoms with Gasteiger partial charge in [-0.15, -0.1) is 10.2 Å². The normalized spacial score (nSPS) is 11.4. The number of rotatable bonds is 3. The van der Waals surface area contributed by atoms with Crippen molar-refractivity contribution in [3.8, 4) is 0 Å². The molecule has 6 nitrogen and oxygen atoms in total. The fourth-order valence-corrected chi connectivity index (χ4v) is 2.07. The van der Waals surface area contributed by atoms with Gasteiger partial charge in [-0.2, -0.15) is 8.42 Å². The summed E-state index contributed by atoms with van der Waals surface area (Å²) in [4.78, 5) is 1.64. The molecule has 2 rings (SSSR count). The molecule has 0 aliphatic rings. The highest BCUT2D eigenvalue weighted by molar-refractivity contribution is 7.92. The molecule has 17 heavy (non-hydrogen) atoms. The summed E-state index contributed by atoms with van der Waals surface area (Å²) in [5.41, 5.74) is 0. The maximum Gasteiger partial charge on any atom is 0.275 e. The van der Waals surface area contributed by atoms with E-state index in [0.29, 0.717) is 6.07 Å². The predicted octanol–water partition coefficient (Wildman–Crippen LogP) is 0.489. The second-order valence-corrected chi connectivity index (χ2v) is 4.70. The van der Waals surface area contributed by atoms with Crippen LogP contribution in [-0.4, -0.2) is 23.3 Å². The predicted molar refractivity (Wildman–Crippen MR) is 52.9 cm³/mol. The van der Waals surface area contributed by atoms with E-state index in [1.165, 1.54) is 0 Å². The van der Waals surface area contributed by atoms with E-state index in [1.54, 1.807) is 0 Å². The Hall–Kier alpha value is -2.03. The Kier molecular flexibility index (Phi) is 2.76. The van der Waals surface area contributed by atoms with Crippen LogP contribution in [0.1, 0.15) is 0 Å². The van der Waals surface area contributed by atoms with Crippen molar-refractivity contribution in [2.24, 2.45) is 0 Å². The minimum absolute atomic E-state index is 0.398. The van der Waals surface area contributed by atoms with Crippen LogP contribution in [0.2, 0.25) is 0 Å². The van der Waals surface area contributed by atoms with Gasteiger partial charge in [-0.3, -0.25) is 0 Å². The second-order valence-electron chi connectivity index (χ2n) is 3.04. The lowest BCUT2D eigenvalue weighted by atomic mass is 10.3. The number of hydrogen-bond acceptors (Lipinski definition) is 4. The molecule has 0 aliphatic heterocycles. The number of halogens is 2. The lowest BCUT2D eigenvalue weighted by Crippen LogP contribution is -2.22. The van der Waals surface area contributed by atoms with Gasteiger partial charge in [0.05, 0.1) is 4.90 Å². The van der Waals surface area contributed by atoms with Crippen molar-refractivity contribution in [2.75, 3.05) is 4.83 Å². The largest absolute Gasteiger partial charge is 0.275 e. The van der Waals surface area contributed by atoms with Crippen LogP contribution in [0, 0.1) is 11.6 Å². The van der Waals surface area contributed by atoms with Gasteiger partial charge in [-0.25, -0.2) is 18.3 Å². The highest BCUT2D eigenvalue weighted by atomic mass is 32.2. The van der Waals surface area contributed by atoms with Crippen LogP contribution in [0.4, 0.5) is 8.78 Å². The minimum Gasteiger partial charge on any atom is -0.221 e. The van der Waals surface area contributed by atoms with Gasteiger partial charge in [0.1, 0.15) is 12.7 Å². The van der Waals surface area contributed by atoms with E-state index in [2.05, 4.69) is 10.2 Å². The molecule has 0 unspecified atom stereocenters. The third-order valence-electron chi connectivity index (χ3n) is 1.85. The van der Waals surface area contributed by atoms with E-state index in [1.807, 2.05) is 4.83 Å². The Morgan fingerprint density at radius 1 is 1.12 bits per heavy atom.